The largest absolute Gasteiger partial charge is 0.478 e. The van der Waals surface area contributed by atoms with E-state index >= 15 is 0 Å². The van der Waals surface area contributed by atoms with Crippen LogP contribution in [0.5, 0.6) is 0 Å². The summed E-state index contributed by atoms with van der Waals surface area (Å²) < 4.78 is 15.2. The molecule has 0 fully saturated rings. The van der Waals surface area contributed by atoms with Gasteiger partial charge in [-0.25, -0.2) is 14.0 Å². The molecule has 0 saturated carbocycles. The lowest BCUT2D eigenvalue weighted by Gasteiger charge is -2.05. The van der Waals surface area contributed by atoms with Gasteiger partial charge < -0.3 is 10.1 Å². The van der Waals surface area contributed by atoms with Gasteiger partial charge in [-0.05, 0) is 24.3 Å². The van der Waals surface area contributed by atoms with Crippen molar-refractivity contribution >= 4 is 17.0 Å². The third-order valence-corrected chi connectivity index (χ3v) is 2.92. The number of benzene rings is 1. The number of aromatic carboxylic acids is 1. The smallest absolute Gasteiger partial charge is 0.335 e. The first-order valence-corrected chi connectivity index (χ1v) is 5.66. The van der Waals surface area contributed by atoms with Crippen molar-refractivity contribution in [1.29, 1.82) is 0 Å². The van der Waals surface area contributed by atoms with Crippen molar-refractivity contribution in [2.75, 3.05) is 0 Å². The number of rotatable bonds is 2. The first-order chi connectivity index (χ1) is 9.58. The maximum Gasteiger partial charge on any atom is 0.335 e. The third kappa shape index (κ3) is 1.76. The van der Waals surface area contributed by atoms with E-state index in [1.165, 1.54) is 24.5 Å². The molecule has 0 aliphatic carbocycles. The molecule has 1 aromatic carbocycles. The van der Waals surface area contributed by atoms with Crippen LogP contribution in [0.1, 0.15) is 10.4 Å². The highest BCUT2D eigenvalue weighted by Gasteiger charge is 2.14. The van der Waals surface area contributed by atoms with Gasteiger partial charge in [0.15, 0.2) is 0 Å². The first kappa shape index (κ1) is 12.1. The molecule has 3 aromatic rings. The highest BCUT2D eigenvalue weighted by Crippen LogP contribution is 2.18. The summed E-state index contributed by atoms with van der Waals surface area (Å²) >= 11 is 0. The Labute approximate surface area is 111 Å². The van der Waals surface area contributed by atoms with Crippen molar-refractivity contribution in [1.82, 2.24) is 14.5 Å². The van der Waals surface area contributed by atoms with E-state index < -0.39 is 17.5 Å². The zero-order valence-electron chi connectivity index (χ0n) is 10.0. The fourth-order valence-corrected chi connectivity index (χ4v) is 2.02. The molecule has 7 heteroatoms. The van der Waals surface area contributed by atoms with E-state index in [4.69, 9.17) is 5.11 Å². The molecule has 0 radical (unpaired) electrons. The topological polar surface area (TPSA) is 88.0 Å². The quantitative estimate of drug-likeness (QED) is 0.741. The van der Waals surface area contributed by atoms with Gasteiger partial charge in [0.2, 0.25) is 0 Å². The van der Waals surface area contributed by atoms with Crippen molar-refractivity contribution in [3.05, 3.63) is 58.5 Å². The molecule has 2 heterocycles. The fraction of sp³-hybridized carbons (Fsp3) is 0. The Morgan fingerprint density at radius 1 is 1.35 bits per heavy atom. The molecule has 0 bridgehead atoms. The number of hydrogen-bond donors (Lipinski definition) is 2. The number of pyridine rings is 1. The number of nitrogens with zero attached hydrogens (tertiary/aromatic N) is 2. The Kier molecular flexibility index (Phi) is 2.60. The standard InChI is InChI=1S/C13H8FN3O3/c14-8-5-7(12(18)19)1-2-10(8)17-11-3-4-15-6-9(11)16-13(17)20/h1-6H,(H,16,20)(H,18,19). The maximum absolute atomic E-state index is 14.0. The molecule has 20 heavy (non-hydrogen) atoms. The second kappa shape index (κ2) is 4.30. The Morgan fingerprint density at radius 2 is 2.15 bits per heavy atom. The Balaban J connectivity index is 2.29. The third-order valence-electron chi connectivity index (χ3n) is 2.92. The molecule has 0 saturated heterocycles. The number of aromatic nitrogens is 3. The monoisotopic (exact) mass is 273 g/mol. The molecule has 0 unspecified atom stereocenters. The van der Waals surface area contributed by atoms with Gasteiger partial charge in [-0.2, -0.15) is 0 Å². The summed E-state index contributed by atoms with van der Waals surface area (Å²) in [5, 5.41) is 8.81. The maximum atomic E-state index is 14.0. The van der Waals surface area contributed by atoms with Crippen LogP contribution in [0.4, 0.5) is 4.39 Å². The minimum atomic E-state index is -1.23. The molecule has 2 N–H and O–H groups in total. The predicted molar refractivity (Wildman–Crippen MR) is 68.6 cm³/mol. The van der Waals surface area contributed by atoms with Crippen LogP contribution in [0.25, 0.3) is 16.7 Å². The van der Waals surface area contributed by atoms with Crippen LogP contribution in [0.15, 0.2) is 41.5 Å². The summed E-state index contributed by atoms with van der Waals surface area (Å²) in [7, 11) is 0. The summed E-state index contributed by atoms with van der Waals surface area (Å²) in [6.07, 6.45) is 2.94. The summed E-state index contributed by atoms with van der Waals surface area (Å²) in [6.45, 7) is 0. The fourth-order valence-electron chi connectivity index (χ4n) is 2.02. The number of carboxylic acid groups (broad SMARTS) is 1. The van der Waals surface area contributed by atoms with Crippen LogP contribution in [0.3, 0.4) is 0 Å². The molecule has 0 aliphatic rings. The van der Waals surface area contributed by atoms with E-state index in [0.717, 1.165) is 10.6 Å². The second-order valence-corrected chi connectivity index (χ2v) is 4.13. The number of carbonyl (C=O) groups is 1. The second-order valence-electron chi connectivity index (χ2n) is 4.13. The molecular weight excluding hydrogens is 265 g/mol. The van der Waals surface area contributed by atoms with Crippen LogP contribution in [-0.2, 0) is 0 Å². The summed E-state index contributed by atoms with van der Waals surface area (Å²) in [6, 6.07) is 4.95. The summed E-state index contributed by atoms with van der Waals surface area (Å²) in [5.41, 5.74) is 0.222. The van der Waals surface area contributed by atoms with Crippen molar-refractivity contribution in [2.45, 2.75) is 0 Å². The number of aromatic amines is 1. The van der Waals surface area contributed by atoms with E-state index in [-0.39, 0.29) is 11.3 Å². The number of imidazole rings is 1. The highest BCUT2D eigenvalue weighted by atomic mass is 19.1. The number of hydrogen-bond acceptors (Lipinski definition) is 3. The lowest BCUT2D eigenvalue weighted by Crippen LogP contribution is -2.16. The molecule has 3 rings (SSSR count). The van der Waals surface area contributed by atoms with Crippen molar-refractivity contribution < 1.29 is 14.3 Å². The van der Waals surface area contributed by atoms with Crippen molar-refractivity contribution in [3.63, 3.8) is 0 Å². The van der Waals surface area contributed by atoms with Crippen LogP contribution < -0.4 is 5.69 Å². The van der Waals surface area contributed by atoms with Gasteiger partial charge in [0.1, 0.15) is 5.82 Å². The van der Waals surface area contributed by atoms with E-state index in [0.29, 0.717) is 11.0 Å². The zero-order chi connectivity index (χ0) is 14.3. The Bertz CT molecular complexity index is 882. The zero-order valence-corrected chi connectivity index (χ0v) is 10.0. The number of halogens is 1. The van der Waals surface area contributed by atoms with E-state index in [9.17, 15) is 14.0 Å². The predicted octanol–water partition coefficient (Wildman–Crippen LogP) is 1.55. The van der Waals surface area contributed by atoms with Gasteiger partial charge in [0.25, 0.3) is 0 Å². The minimum Gasteiger partial charge on any atom is -0.478 e. The van der Waals surface area contributed by atoms with Crippen LogP contribution in [0, 0.1) is 5.82 Å². The average molecular weight is 273 g/mol. The van der Waals surface area contributed by atoms with Gasteiger partial charge in [-0.1, -0.05) is 0 Å². The van der Waals surface area contributed by atoms with Crippen LogP contribution in [0.2, 0.25) is 0 Å². The lowest BCUT2D eigenvalue weighted by molar-refractivity contribution is 0.0696. The molecule has 0 aliphatic heterocycles. The number of fused-ring (bicyclic) bond motifs is 1. The molecule has 100 valence electrons. The van der Waals surface area contributed by atoms with E-state index in [1.54, 1.807) is 6.07 Å². The van der Waals surface area contributed by atoms with Crippen LogP contribution in [-0.4, -0.2) is 25.6 Å². The molecule has 0 atom stereocenters. The molecule has 0 amide bonds. The Hall–Kier alpha value is -2.96. The summed E-state index contributed by atoms with van der Waals surface area (Å²) in [4.78, 5) is 29.1. The van der Waals surface area contributed by atoms with E-state index in [1.807, 2.05) is 0 Å². The van der Waals surface area contributed by atoms with Gasteiger partial charge >= 0.3 is 11.7 Å². The van der Waals surface area contributed by atoms with Gasteiger partial charge in [-0.3, -0.25) is 9.55 Å². The number of H-pyrrole nitrogens is 1. The minimum absolute atomic E-state index is 0.0162. The van der Waals surface area contributed by atoms with Crippen molar-refractivity contribution in [3.8, 4) is 5.69 Å². The Morgan fingerprint density at radius 3 is 2.85 bits per heavy atom. The first-order valence-electron chi connectivity index (χ1n) is 5.66. The van der Waals surface area contributed by atoms with Crippen LogP contribution >= 0.6 is 0 Å². The molecule has 2 aromatic heterocycles. The molecule has 0 spiro atoms. The van der Waals surface area contributed by atoms with E-state index in [2.05, 4.69) is 9.97 Å². The lowest BCUT2D eigenvalue weighted by atomic mass is 10.2. The molecular formula is C13H8FN3O3. The highest BCUT2D eigenvalue weighted by molar-refractivity contribution is 5.88. The SMILES string of the molecule is O=C(O)c1ccc(-n2c(=O)[nH]c3cnccc32)c(F)c1. The van der Waals surface area contributed by atoms with Crippen molar-refractivity contribution in [2.24, 2.45) is 0 Å². The van der Waals surface area contributed by atoms with Gasteiger partial charge in [-0.15, -0.1) is 0 Å². The van der Waals surface area contributed by atoms with Gasteiger partial charge in [0, 0.05) is 6.20 Å². The normalized spacial score (nSPS) is 10.8. The molecule has 6 nitrogen and oxygen atoms in total. The van der Waals surface area contributed by atoms with Gasteiger partial charge in [0.05, 0.1) is 28.5 Å². The number of carboxylic acids is 1. The average Bonchev–Trinajstić information content (AvgIpc) is 2.74. The number of nitrogens with one attached hydrogen (secondary N) is 1. The summed E-state index contributed by atoms with van der Waals surface area (Å²) in [5.74, 6) is -2.02.